The number of halogens is 1. The van der Waals surface area contributed by atoms with Gasteiger partial charge in [0.15, 0.2) is 5.96 Å². The van der Waals surface area contributed by atoms with Crippen LogP contribution in [0.2, 0.25) is 0 Å². The van der Waals surface area contributed by atoms with Gasteiger partial charge in [-0.1, -0.05) is 18.2 Å². The van der Waals surface area contributed by atoms with Crippen LogP contribution in [0.4, 0.5) is 0 Å². The number of rotatable bonds is 7. The van der Waals surface area contributed by atoms with E-state index in [-0.39, 0.29) is 24.0 Å². The largest absolute Gasteiger partial charge is 0.496 e. The minimum absolute atomic E-state index is 0. The molecule has 21 heavy (non-hydrogen) atoms. The van der Waals surface area contributed by atoms with Crippen molar-refractivity contribution >= 4 is 29.9 Å². The molecular formula is C16H26IN3O. The van der Waals surface area contributed by atoms with Crippen molar-refractivity contribution in [3.63, 3.8) is 0 Å². The zero-order valence-corrected chi connectivity index (χ0v) is 15.2. The molecule has 1 saturated carbocycles. The topological polar surface area (TPSA) is 45.7 Å². The summed E-state index contributed by atoms with van der Waals surface area (Å²) in [6.45, 7) is 4.79. The summed E-state index contributed by atoms with van der Waals surface area (Å²) < 4.78 is 5.36. The number of ether oxygens (including phenoxy) is 1. The molecule has 0 atom stereocenters. The van der Waals surface area contributed by atoms with E-state index in [1.807, 2.05) is 18.2 Å². The van der Waals surface area contributed by atoms with Crippen LogP contribution in [0.3, 0.4) is 0 Å². The number of para-hydroxylation sites is 1. The minimum Gasteiger partial charge on any atom is -0.496 e. The molecule has 1 aliphatic carbocycles. The molecular weight excluding hydrogens is 377 g/mol. The average Bonchev–Trinajstić information content (AvgIpc) is 3.29. The number of aliphatic imine (C=N–C) groups is 1. The Hall–Kier alpha value is -0.980. The zero-order chi connectivity index (χ0) is 14.2. The highest BCUT2D eigenvalue weighted by Gasteiger charge is 2.20. The van der Waals surface area contributed by atoms with Gasteiger partial charge < -0.3 is 15.4 Å². The Balaban J connectivity index is 0.00000220. The first-order valence-corrected chi connectivity index (χ1v) is 7.47. The Labute approximate surface area is 144 Å². The molecule has 0 radical (unpaired) electrons. The highest BCUT2D eigenvalue weighted by Crippen LogP contribution is 2.28. The van der Waals surface area contributed by atoms with E-state index in [0.717, 1.165) is 43.7 Å². The van der Waals surface area contributed by atoms with Crippen LogP contribution in [0.5, 0.6) is 5.75 Å². The normalized spacial score (nSPS) is 14.3. The van der Waals surface area contributed by atoms with Gasteiger partial charge in [-0.3, -0.25) is 4.99 Å². The quantitative estimate of drug-likeness (QED) is 0.418. The molecule has 2 rings (SSSR count). The van der Waals surface area contributed by atoms with E-state index in [1.165, 1.54) is 18.4 Å². The molecule has 0 aromatic heterocycles. The van der Waals surface area contributed by atoms with Crippen LogP contribution in [-0.2, 0) is 6.42 Å². The van der Waals surface area contributed by atoms with Crippen LogP contribution in [0.25, 0.3) is 0 Å². The summed E-state index contributed by atoms with van der Waals surface area (Å²) in [4.78, 5) is 4.61. The Bertz CT molecular complexity index is 447. The fourth-order valence-electron chi connectivity index (χ4n) is 2.09. The van der Waals surface area contributed by atoms with Crippen LogP contribution in [0.15, 0.2) is 29.3 Å². The Morgan fingerprint density at radius 2 is 2.05 bits per heavy atom. The van der Waals surface area contributed by atoms with Crippen LogP contribution < -0.4 is 15.4 Å². The number of hydrogen-bond donors (Lipinski definition) is 2. The monoisotopic (exact) mass is 403 g/mol. The first-order chi connectivity index (χ1) is 9.83. The lowest BCUT2D eigenvalue weighted by Gasteiger charge is -2.12. The number of methoxy groups -OCH3 is 1. The van der Waals surface area contributed by atoms with Gasteiger partial charge in [0, 0.05) is 19.6 Å². The summed E-state index contributed by atoms with van der Waals surface area (Å²) in [5.74, 6) is 2.70. The Kier molecular flexibility index (Phi) is 8.49. The average molecular weight is 403 g/mol. The van der Waals surface area contributed by atoms with E-state index in [1.54, 1.807) is 7.11 Å². The van der Waals surface area contributed by atoms with Gasteiger partial charge in [-0.15, -0.1) is 24.0 Å². The fourth-order valence-corrected chi connectivity index (χ4v) is 2.09. The van der Waals surface area contributed by atoms with E-state index in [0.29, 0.717) is 0 Å². The van der Waals surface area contributed by atoms with Gasteiger partial charge in [0.1, 0.15) is 5.75 Å². The SMILES string of the molecule is CCNC(=NCC1CC1)NCCc1ccccc1OC.I. The molecule has 1 aromatic carbocycles. The van der Waals surface area contributed by atoms with E-state index < -0.39 is 0 Å². The predicted molar refractivity (Wildman–Crippen MR) is 98.8 cm³/mol. The molecule has 1 aliphatic rings. The van der Waals surface area contributed by atoms with Gasteiger partial charge in [0.25, 0.3) is 0 Å². The van der Waals surface area contributed by atoms with Crippen molar-refractivity contribution in [2.75, 3.05) is 26.7 Å². The van der Waals surface area contributed by atoms with Gasteiger partial charge in [-0.05, 0) is 43.7 Å². The van der Waals surface area contributed by atoms with Crippen molar-refractivity contribution in [1.29, 1.82) is 0 Å². The molecule has 0 spiro atoms. The van der Waals surface area contributed by atoms with Gasteiger partial charge in [0.05, 0.1) is 7.11 Å². The third kappa shape index (κ3) is 6.54. The van der Waals surface area contributed by atoms with Crippen molar-refractivity contribution in [3.05, 3.63) is 29.8 Å². The molecule has 2 N–H and O–H groups in total. The van der Waals surface area contributed by atoms with E-state index in [2.05, 4.69) is 28.6 Å². The number of guanidine groups is 1. The maximum absolute atomic E-state index is 5.36. The molecule has 5 heteroatoms. The number of nitrogens with zero attached hydrogens (tertiary/aromatic N) is 1. The van der Waals surface area contributed by atoms with E-state index >= 15 is 0 Å². The third-order valence-electron chi connectivity index (χ3n) is 3.43. The second-order valence-electron chi connectivity index (χ2n) is 5.15. The number of benzene rings is 1. The van der Waals surface area contributed by atoms with Crippen molar-refractivity contribution < 1.29 is 4.74 Å². The van der Waals surface area contributed by atoms with Gasteiger partial charge >= 0.3 is 0 Å². The third-order valence-corrected chi connectivity index (χ3v) is 3.43. The fraction of sp³-hybridized carbons (Fsp3) is 0.562. The predicted octanol–water partition coefficient (Wildman–Crippen LogP) is 2.82. The molecule has 1 aromatic rings. The summed E-state index contributed by atoms with van der Waals surface area (Å²) in [6, 6.07) is 8.15. The van der Waals surface area contributed by atoms with Gasteiger partial charge in [-0.25, -0.2) is 0 Å². The maximum Gasteiger partial charge on any atom is 0.191 e. The molecule has 0 aliphatic heterocycles. The first kappa shape index (κ1) is 18.1. The minimum atomic E-state index is 0. The second kappa shape index (κ2) is 9.87. The highest BCUT2D eigenvalue weighted by atomic mass is 127. The lowest BCUT2D eigenvalue weighted by molar-refractivity contribution is 0.409. The number of nitrogens with one attached hydrogen (secondary N) is 2. The van der Waals surface area contributed by atoms with E-state index in [4.69, 9.17) is 4.74 Å². The standard InChI is InChI=1S/C16H25N3O.HI/c1-3-17-16(19-12-13-8-9-13)18-11-10-14-6-4-5-7-15(14)20-2;/h4-7,13H,3,8-12H2,1-2H3,(H2,17,18,19);1H. The lowest BCUT2D eigenvalue weighted by Crippen LogP contribution is -2.38. The van der Waals surface area contributed by atoms with Crippen molar-refractivity contribution in [1.82, 2.24) is 10.6 Å². The Morgan fingerprint density at radius 1 is 1.29 bits per heavy atom. The summed E-state index contributed by atoms with van der Waals surface area (Å²) in [5, 5.41) is 6.68. The summed E-state index contributed by atoms with van der Waals surface area (Å²) >= 11 is 0. The van der Waals surface area contributed by atoms with Crippen molar-refractivity contribution in [2.45, 2.75) is 26.2 Å². The van der Waals surface area contributed by atoms with Gasteiger partial charge in [-0.2, -0.15) is 0 Å². The summed E-state index contributed by atoms with van der Waals surface area (Å²) in [7, 11) is 1.72. The molecule has 1 fully saturated rings. The summed E-state index contributed by atoms with van der Waals surface area (Å²) in [6.07, 6.45) is 3.60. The van der Waals surface area contributed by atoms with Crippen LogP contribution in [-0.4, -0.2) is 32.7 Å². The molecule has 0 heterocycles. The van der Waals surface area contributed by atoms with Crippen LogP contribution in [0, 0.1) is 5.92 Å². The van der Waals surface area contributed by atoms with E-state index in [9.17, 15) is 0 Å². The number of hydrogen-bond acceptors (Lipinski definition) is 2. The van der Waals surface area contributed by atoms with Crippen LogP contribution >= 0.6 is 24.0 Å². The smallest absolute Gasteiger partial charge is 0.191 e. The van der Waals surface area contributed by atoms with Crippen LogP contribution in [0.1, 0.15) is 25.3 Å². The second-order valence-corrected chi connectivity index (χ2v) is 5.15. The van der Waals surface area contributed by atoms with Gasteiger partial charge in [0.2, 0.25) is 0 Å². The molecule has 0 saturated heterocycles. The Morgan fingerprint density at radius 3 is 2.71 bits per heavy atom. The van der Waals surface area contributed by atoms with Crippen molar-refractivity contribution in [3.8, 4) is 5.75 Å². The molecule has 0 amide bonds. The molecule has 0 bridgehead atoms. The molecule has 0 unspecified atom stereocenters. The molecule has 118 valence electrons. The highest BCUT2D eigenvalue weighted by molar-refractivity contribution is 14.0. The zero-order valence-electron chi connectivity index (χ0n) is 12.9. The van der Waals surface area contributed by atoms with Crippen molar-refractivity contribution in [2.24, 2.45) is 10.9 Å². The first-order valence-electron chi connectivity index (χ1n) is 7.47. The molecule has 4 nitrogen and oxygen atoms in total. The maximum atomic E-state index is 5.36. The lowest BCUT2D eigenvalue weighted by atomic mass is 10.1. The summed E-state index contributed by atoms with van der Waals surface area (Å²) in [5.41, 5.74) is 1.22.